The number of hydrogen-bond donors (Lipinski definition) is 2. The number of aliphatic hydroxyl groups is 1. The molecule has 1 aliphatic heterocycles. The summed E-state index contributed by atoms with van der Waals surface area (Å²) in [6, 6.07) is 18.9. The van der Waals surface area contributed by atoms with Crippen molar-refractivity contribution in [3.05, 3.63) is 71.3 Å². The van der Waals surface area contributed by atoms with Gasteiger partial charge < -0.3 is 15.2 Å². The minimum atomic E-state index is -0.489. The standard InChI is InChI=1S/C21H27NO2/c1-16-7-9-19(10-8-16)21(23)14-22-20(13-17-11-12-24-15-17)18-5-3-2-4-6-18/h2-10,17,20-23H,11-15H2,1H3. The molecule has 3 rings (SSSR count). The molecule has 1 aliphatic rings. The lowest BCUT2D eigenvalue weighted by molar-refractivity contribution is 0.162. The van der Waals surface area contributed by atoms with Crippen LogP contribution in [0.4, 0.5) is 0 Å². The van der Waals surface area contributed by atoms with Crippen molar-refractivity contribution in [2.24, 2.45) is 5.92 Å². The molecule has 128 valence electrons. The van der Waals surface area contributed by atoms with E-state index in [9.17, 15) is 5.11 Å². The molecule has 0 aliphatic carbocycles. The minimum Gasteiger partial charge on any atom is -0.387 e. The van der Waals surface area contributed by atoms with Gasteiger partial charge in [-0.25, -0.2) is 0 Å². The van der Waals surface area contributed by atoms with Gasteiger partial charge in [-0.3, -0.25) is 0 Å². The summed E-state index contributed by atoms with van der Waals surface area (Å²) in [5.41, 5.74) is 3.45. The fourth-order valence-corrected chi connectivity index (χ4v) is 3.29. The minimum absolute atomic E-state index is 0.248. The maximum absolute atomic E-state index is 10.5. The molecular weight excluding hydrogens is 298 g/mol. The van der Waals surface area contributed by atoms with Crippen LogP contribution in [-0.4, -0.2) is 24.9 Å². The summed E-state index contributed by atoms with van der Waals surface area (Å²) in [6.07, 6.45) is 1.69. The Morgan fingerprint density at radius 3 is 2.50 bits per heavy atom. The van der Waals surface area contributed by atoms with Crippen LogP contribution in [0.5, 0.6) is 0 Å². The Morgan fingerprint density at radius 1 is 1.08 bits per heavy atom. The van der Waals surface area contributed by atoms with Gasteiger partial charge in [0.2, 0.25) is 0 Å². The Bertz CT molecular complexity index is 605. The van der Waals surface area contributed by atoms with Crippen LogP contribution in [-0.2, 0) is 4.74 Å². The zero-order chi connectivity index (χ0) is 16.8. The average molecular weight is 325 g/mol. The van der Waals surface area contributed by atoms with Gasteiger partial charge in [-0.2, -0.15) is 0 Å². The van der Waals surface area contributed by atoms with E-state index in [-0.39, 0.29) is 6.04 Å². The van der Waals surface area contributed by atoms with Gasteiger partial charge >= 0.3 is 0 Å². The zero-order valence-corrected chi connectivity index (χ0v) is 14.3. The highest BCUT2D eigenvalue weighted by molar-refractivity contribution is 5.24. The summed E-state index contributed by atoms with van der Waals surface area (Å²) >= 11 is 0. The molecule has 2 aromatic carbocycles. The lowest BCUT2D eigenvalue weighted by Gasteiger charge is -2.24. The summed E-state index contributed by atoms with van der Waals surface area (Å²) < 4.78 is 5.52. The molecule has 0 bridgehead atoms. The summed E-state index contributed by atoms with van der Waals surface area (Å²) in [5.74, 6) is 0.597. The predicted octanol–water partition coefficient (Wildman–Crippen LogP) is 3.79. The number of rotatable bonds is 7. The van der Waals surface area contributed by atoms with Gasteiger partial charge in [-0.15, -0.1) is 0 Å². The fourth-order valence-electron chi connectivity index (χ4n) is 3.29. The van der Waals surface area contributed by atoms with Crippen LogP contribution in [0.1, 0.15) is 41.7 Å². The van der Waals surface area contributed by atoms with Crippen molar-refractivity contribution in [2.75, 3.05) is 19.8 Å². The van der Waals surface area contributed by atoms with Crippen molar-refractivity contribution < 1.29 is 9.84 Å². The average Bonchev–Trinajstić information content (AvgIpc) is 3.13. The molecule has 2 aromatic rings. The molecule has 0 radical (unpaired) electrons. The van der Waals surface area contributed by atoms with Crippen LogP contribution in [0.25, 0.3) is 0 Å². The van der Waals surface area contributed by atoms with E-state index in [1.807, 2.05) is 30.3 Å². The van der Waals surface area contributed by atoms with Crippen molar-refractivity contribution in [1.29, 1.82) is 0 Å². The molecule has 0 aromatic heterocycles. The monoisotopic (exact) mass is 325 g/mol. The van der Waals surface area contributed by atoms with Crippen molar-refractivity contribution >= 4 is 0 Å². The summed E-state index contributed by atoms with van der Waals surface area (Å²) in [5, 5.41) is 14.1. The van der Waals surface area contributed by atoms with Gasteiger partial charge in [0.1, 0.15) is 0 Å². The normalized spacial score (nSPS) is 20.0. The molecule has 3 unspecified atom stereocenters. The highest BCUT2D eigenvalue weighted by Crippen LogP contribution is 2.27. The third-order valence-electron chi connectivity index (χ3n) is 4.81. The third-order valence-corrected chi connectivity index (χ3v) is 4.81. The topological polar surface area (TPSA) is 41.5 Å². The first kappa shape index (κ1) is 17.2. The maximum Gasteiger partial charge on any atom is 0.0914 e. The lowest BCUT2D eigenvalue weighted by Crippen LogP contribution is -2.28. The van der Waals surface area contributed by atoms with E-state index in [1.165, 1.54) is 11.1 Å². The second kappa shape index (κ2) is 8.43. The van der Waals surface area contributed by atoms with E-state index in [0.717, 1.165) is 31.6 Å². The Labute approximate surface area is 144 Å². The maximum atomic E-state index is 10.5. The smallest absolute Gasteiger partial charge is 0.0914 e. The van der Waals surface area contributed by atoms with E-state index in [1.54, 1.807) is 0 Å². The Balaban J connectivity index is 1.63. The van der Waals surface area contributed by atoms with E-state index >= 15 is 0 Å². The highest BCUT2D eigenvalue weighted by atomic mass is 16.5. The molecule has 3 nitrogen and oxygen atoms in total. The van der Waals surface area contributed by atoms with Gasteiger partial charge in [0.05, 0.1) is 6.10 Å². The van der Waals surface area contributed by atoms with Crippen LogP contribution in [0.3, 0.4) is 0 Å². The molecule has 2 N–H and O–H groups in total. The first-order valence-corrected chi connectivity index (χ1v) is 8.83. The zero-order valence-electron chi connectivity index (χ0n) is 14.3. The van der Waals surface area contributed by atoms with Gasteiger partial charge in [-0.05, 0) is 36.8 Å². The fraction of sp³-hybridized carbons (Fsp3) is 0.429. The van der Waals surface area contributed by atoms with Crippen molar-refractivity contribution in [3.63, 3.8) is 0 Å². The summed E-state index contributed by atoms with van der Waals surface area (Å²) in [6.45, 7) is 4.34. The molecular formula is C21H27NO2. The van der Waals surface area contributed by atoms with Gasteiger partial charge in [-0.1, -0.05) is 60.2 Å². The molecule has 1 fully saturated rings. The van der Waals surface area contributed by atoms with Crippen molar-refractivity contribution in [3.8, 4) is 0 Å². The van der Waals surface area contributed by atoms with E-state index in [2.05, 4.69) is 36.5 Å². The van der Waals surface area contributed by atoms with Gasteiger partial charge in [0.15, 0.2) is 0 Å². The number of nitrogens with one attached hydrogen (secondary N) is 1. The number of benzene rings is 2. The van der Waals surface area contributed by atoms with Crippen LogP contribution in [0.2, 0.25) is 0 Å². The van der Waals surface area contributed by atoms with Crippen LogP contribution < -0.4 is 5.32 Å². The third kappa shape index (κ3) is 4.67. The number of aryl methyl sites for hydroxylation is 1. The lowest BCUT2D eigenvalue weighted by atomic mass is 9.94. The van der Waals surface area contributed by atoms with Gasteiger partial charge in [0, 0.05) is 25.8 Å². The number of ether oxygens (including phenoxy) is 1. The van der Waals surface area contributed by atoms with E-state index in [4.69, 9.17) is 4.74 Å². The quantitative estimate of drug-likeness (QED) is 0.814. The Morgan fingerprint density at radius 2 is 1.83 bits per heavy atom. The molecule has 0 spiro atoms. The highest BCUT2D eigenvalue weighted by Gasteiger charge is 2.22. The Hall–Kier alpha value is -1.68. The molecule has 0 saturated carbocycles. The Kier molecular flexibility index (Phi) is 6.02. The second-order valence-corrected chi connectivity index (χ2v) is 6.76. The molecule has 24 heavy (non-hydrogen) atoms. The predicted molar refractivity (Wildman–Crippen MR) is 96.9 cm³/mol. The first-order chi connectivity index (χ1) is 11.7. The van der Waals surface area contributed by atoms with E-state index in [0.29, 0.717) is 12.5 Å². The summed E-state index contributed by atoms with van der Waals surface area (Å²) in [7, 11) is 0. The van der Waals surface area contributed by atoms with Crippen molar-refractivity contribution in [1.82, 2.24) is 5.32 Å². The largest absolute Gasteiger partial charge is 0.387 e. The SMILES string of the molecule is Cc1ccc(C(O)CNC(CC2CCOC2)c2ccccc2)cc1. The molecule has 1 saturated heterocycles. The number of hydrogen-bond acceptors (Lipinski definition) is 3. The molecule has 3 heteroatoms. The molecule has 0 amide bonds. The molecule has 1 heterocycles. The second-order valence-electron chi connectivity index (χ2n) is 6.76. The van der Waals surface area contributed by atoms with Crippen LogP contribution in [0, 0.1) is 12.8 Å². The van der Waals surface area contributed by atoms with Gasteiger partial charge in [0.25, 0.3) is 0 Å². The molecule has 3 atom stereocenters. The first-order valence-electron chi connectivity index (χ1n) is 8.83. The number of aliphatic hydroxyl groups excluding tert-OH is 1. The van der Waals surface area contributed by atoms with Crippen LogP contribution in [0.15, 0.2) is 54.6 Å². The summed E-state index contributed by atoms with van der Waals surface area (Å²) in [4.78, 5) is 0. The van der Waals surface area contributed by atoms with Crippen LogP contribution >= 0.6 is 0 Å². The van der Waals surface area contributed by atoms with E-state index < -0.39 is 6.10 Å². The van der Waals surface area contributed by atoms with Crippen molar-refractivity contribution in [2.45, 2.75) is 31.9 Å².